The number of hydrogen-bond acceptors (Lipinski definition) is 3. The van der Waals surface area contributed by atoms with Gasteiger partial charge in [-0.15, -0.1) is 5.11 Å². The van der Waals surface area contributed by atoms with Gasteiger partial charge in [-0.2, -0.15) is 5.11 Å². The van der Waals surface area contributed by atoms with Crippen LogP contribution >= 0.6 is 0 Å². The minimum atomic E-state index is 0.645. The zero-order chi connectivity index (χ0) is 6.24. The minimum absolute atomic E-state index is 0.645. The molecule has 0 fully saturated rings. The van der Waals surface area contributed by atoms with Gasteiger partial charge in [0, 0.05) is 6.54 Å². The quantitative estimate of drug-likeness (QED) is 0.234. The van der Waals surface area contributed by atoms with Crippen LogP contribution < -0.4 is 5.32 Å². The fourth-order valence-corrected chi connectivity index (χ4v) is 0.260. The molecule has 0 saturated heterocycles. The molecule has 0 radical (unpaired) electrons. The smallest absolute Gasteiger partial charge is 0.129 e. The SMILES string of the molecule is CNCCN=NC=N. The van der Waals surface area contributed by atoms with Crippen molar-refractivity contribution in [2.24, 2.45) is 10.2 Å². The molecule has 8 heavy (non-hydrogen) atoms. The Morgan fingerprint density at radius 1 is 1.75 bits per heavy atom. The number of likely N-dealkylation sites (N-methyl/N-ethyl adjacent to an activating group) is 1. The zero-order valence-electron chi connectivity index (χ0n) is 4.89. The van der Waals surface area contributed by atoms with Crippen LogP contribution in [0.5, 0.6) is 0 Å². The molecule has 0 aromatic carbocycles. The average molecular weight is 114 g/mol. The van der Waals surface area contributed by atoms with Crippen LogP contribution in [0.15, 0.2) is 10.2 Å². The fourth-order valence-electron chi connectivity index (χ4n) is 0.260. The Bertz CT molecular complexity index is 78.1. The monoisotopic (exact) mass is 114 g/mol. The molecule has 0 saturated carbocycles. The van der Waals surface area contributed by atoms with Gasteiger partial charge in [0.05, 0.1) is 6.54 Å². The second-order valence-electron chi connectivity index (χ2n) is 1.21. The molecule has 0 amide bonds. The molecular formula is C4H10N4. The van der Waals surface area contributed by atoms with Crippen molar-refractivity contribution in [2.75, 3.05) is 20.1 Å². The van der Waals surface area contributed by atoms with Gasteiger partial charge in [-0.1, -0.05) is 0 Å². The zero-order valence-corrected chi connectivity index (χ0v) is 4.89. The Morgan fingerprint density at radius 3 is 3.00 bits per heavy atom. The first-order valence-electron chi connectivity index (χ1n) is 2.42. The van der Waals surface area contributed by atoms with E-state index in [-0.39, 0.29) is 0 Å². The van der Waals surface area contributed by atoms with Crippen molar-refractivity contribution in [1.29, 1.82) is 5.41 Å². The molecule has 4 nitrogen and oxygen atoms in total. The van der Waals surface area contributed by atoms with E-state index in [1.807, 2.05) is 7.05 Å². The molecule has 0 aliphatic carbocycles. The molecular weight excluding hydrogens is 104 g/mol. The second-order valence-corrected chi connectivity index (χ2v) is 1.21. The summed E-state index contributed by atoms with van der Waals surface area (Å²) < 4.78 is 0. The molecule has 0 rings (SSSR count). The van der Waals surface area contributed by atoms with E-state index in [2.05, 4.69) is 15.5 Å². The lowest BCUT2D eigenvalue weighted by atomic mass is 10.7. The Morgan fingerprint density at radius 2 is 2.50 bits per heavy atom. The standard InChI is InChI=1S/C4H10N4/c1-6-2-3-7-8-4-5/h4-6H,2-3H2,1H3. The van der Waals surface area contributed by atoms with Crippen LogP contribution in [-0.4, -0.2) is 26.5 Å². The highest BCUT2D eigenvalue weighted by molar-refractivity contribution is 5.49. The maximum Gasteiger partial charge on any atom is 0.129 e. The van der Waals surface area contributed by atoms with E-state index in [0.29, 0.717) is 6.54 Å². The van der Waals surface area contributed by atoms with Crippen LogP contribution in [-0.2, 0) is 0 Å². The number of hydrogen-bond donors (Lipinski definition) is 2. The Hall–Kier alpha value is -0.770. The number of nitrogens with one attached hydrogen (secondary N) is 2. The van der Waals surface area contributed by atoms with Crippen molar-refractivity contribution in [3.8, 4) is 0 Å². The van der Waals surface area contributed by atoms with Crippen molar-refractivity contribution in [1.82, 2.24) is 5.32 Å². The normalized spacial score (nSPS) is 10.1. The van der Waals surface area contributed by atoms with Crippen molar-refractivity contribution in [3.63, 3.8) is 0 Å². The summed E-state index contributed by atoms with van der Waals surface area (Å²) in [6.45, 7) is 1.46. The van der Waals surface area contributed by atoms with Gasteiger partial charge < -0.3 is 5.32 Å². The Balaban J connectivity index is 2.91. The fraction of sp³-hybridized carbons (Fsp3) is 0.750. The molecule has 0 heterocycles. The molecule has 0 aromatic heterocycles. The first kappa shape index (κ1) is 7.23. The first-order chi connectivity index (χ1) is 3.91. The van der Waals surface area contributed by atoms with E-state index < -0.39 is 0 Å². The summed E-state index contributed by atoms with van der Waals surface area (Å²) >= 11 is 0. The molecule has 0 aromatic rings. The maximum atomic E-state index is 6.43. The van der Waals surface area contributed by atoms with Crippen molar-refractivity contribution >= 4 is 6.34 Å². The minimum Gasteiger partial charge on any atom is -0.318 e. The number of nitrogens with zero attached hydrogens (tertiary/aromatic N) is 2. The van der Waals surface area contributed by atoms with Crippen LogP contribution in [0.4, 0.5) is 0 Å². The lowest BCUT2D eigenvalue weighted by Crippen LogP contribution is -2.09. The Kier molecular flexibility index (Phi) is 5.63. The van der Waals surface area contributed by atoms with Gasteiger partial charge in [-0.3, -0.25) is 5.41 Å². The van der Waals surface area contributed by atoms with Crippen molar-refractivity contribution in [2.45, 2.75) is 0 Å². The second kappa shape index (κ2) is 6.23. The van der Waals surface area contributed by atoms with Gasteiger partial charge in [0.15, 0.2) is 0 Å². The summed E-state index contributed by atoms with van der Waals surface area (Å²) in [5.74, 6) is 0. The summed E-state index contributed by atoms with van der Waals surface area (Å²) in [5, 5.41) is 16.3. The van der Waals surface area contributed by atoms with Gasteiger partial charge in [0.2, 0.25) is 0 Å². The molecule has 4 heteroatoms. The van der Waals surface area contributed by atoms with Gasteiger partial charge in [-0.05, 0) is 7.05 Å². The van der Waals surface area contributed by atoms with Crippen LogP contribution in [0.25, 0.3) is 0 Å². The maximum absolute atomic E-state index is 6.43. The third-order valence-corrected chi connectivity index (χ3v) is 0.601. The van der Waals surface area contributed by atoms with Gasteiger partial charge in [-0.25, -0.2) is 0 Å². The lowest BCUT2D eigenvalue weighted by Gasteiger charge is -1.86. The highest BCUT2D eigenvalue weighted by atomic mass is 15.1. The molecule has 0 atom stereocenters. The number of azo groups is 1. The summed E-state index contributed by atoms with van der Waals surface area (Å²) in [7, 11) is 1.85. The van der Waals surface area contributed by atoms with Crippen LogP contribution in [0.1, 0.15) is 0 Å². The summed E-state index contributed by atoms with van der Waals surface area (Å²) in [5.41, 5.74) is 0. The highest BCUT2D eigenvalue weighted by Crippen LogP contribution is 1.67. The topological polar surface area (TPSA) is 60.6 Å². The van der Waals surface area contributed by atoms with Gasteiger partial charge in [0.25, 0.3) is 0 Å². The van der Waals surface area contributed by atoms with Crippen molar-refractivity contribution in [3.05, 3.63) is 0 Å². The molecule has 0 aliphatic heterocycles. The van der Waals surface area contributed by atoms with Gasteiger partial charge >= 0.3 is 0 Å². The molecule has 0 spiro atoms. The first-order valence-corrected chi connectivity index (χ1v) is 2.42. The van der Waals surface area contributed by atoms with E-state index in [1.165, 1.54) is 0 Å². The summed E-state index contributed by atoms with van der Waals surface area (Å²) in [4.78, 5) is 0. The molecule has 0 bridgehead atoms. The van der Waals surface area contributed by atoms with Crippen LogP contribution in [0.2, 0.25) is 0 Å². The highest BCUT2D eigenvalue weighted by Gasteiger charge is 1.73. The predicted octanol–water partition coefficient (Wildman–Crippen LogP) is 0.265. The summed E-state index contributed by atoms with van der Waals surface area (Å²) in [6.07, 6.45) is 0.926. The average Bonchev–Trinajstić information content (AvgIpc) is 1.81. The predicted molar refractivity (Wildman–Crippen MR) is 32.4 cm³/mol. The summed E-state index contributed by atoms with van der Waals surface area (Å²) in [6, 6.07) is 0. The third-order valence-electron chi connectivity index (χ3n) is 0.601. The van der Waals surface area contributed by atoms with E-state index in [4.69, 9.17) is 5.41 Å². The van der Waals surface area contributed by atoms with Crippen LogP contribution in [0.3, 0.4) is 0 Å². The number of rotatable bonds is 4. The Labute approximate surface area is 48.5 Å². The van der Waals surface area contributed by atoms with Crippen LogP contribution in [0, 0.1) is 5.41 Å². The molecule has 0 unspecified atom stereocenters. The van der Waals surface area contributed by atoms with E-state index in [9.17, 15) is 0 Å². The molecule has 46 valence electrons. The van der Waals surface area contributed by atoms with E-state index >= 15 is 0 Å². The van der Waals surface area contributed by atoms with Gasteiger partial charge in [0.1, 0.15) is 6.34 Å². The largest absolute Gasteiger partial charge is 0.318 e. The van der Waals surface area contributed by atoms with E-state index in [1.54, 1.807) is 0 Å². The van der Waals surface area contributed by atoms with Crippen molar-refractivity contribution < 1.29 is 0 Å². The third kappa shape index (κ3) is 5.23. The van der Waals surface area contributed by atoms with E-state index in [0.717, 1.165) is 12.9 Å². The lowest BCUT2D eigenvalue weighted by molar-refractivity contribution is 0.783. The molecule has 2 N–H and O–H groups in total. The molecule has 0 aliphatic rings.